The van der Waals surface area contributed by atoms with Crippen LogP contribution in [0.1, 0.15) is 38.3 Å². The van der Waals surface area contributed by atoms with Gasteiger partial charge in [0.05, 0.1) is 11.7 Å². The summed E-state index contributed by atoms with van der Waals surface area (Å²) in [5.41, 5.74) is 4.22. The van der Waals surface area contributed by atoms with Gasteiger partial charge in [0.1, 0.15) is 11.4 Å². The SMILES string of the molecule is CCCN(Cc1c(-c2ccccc2)nn(C)c1Oc1ccc(C)cc1)CC(O)C(C)C. The monoisotopic (exact) mass is 421 g/mol. The third-order valence-corrected chi connectivity index (χ3v) is 5.51. The fourth-order valence-corrected chi connectivity index (χ4v) is 3.62. The van der Waals surface area contributed by atoms with Crippen molar-refractivity contribution in [2.75, 3.05) is 13.1 Å². The van der Waals surface area contributed by atoms with Crippen LogP contribution < -0.4 is 4.74 Å². The largest absolute Gasteiger partial charge is 0.439 e. The predicted octanol–water partition coefficient (Wildman–Crippen LogP) is 5.42. The Labute approximate surface area is 186 Å². The molecule has 1 aromatic heterocycles. The average Bonchev–Trinajstić information content (AvgIpc) is 3.05. The Hall–Kier alpha value is -2.63. The maximum Gasteiger partial charge on any atom is 0.222 e. The van der Waals surface area contributed by atoms with Crippen LogP contribution in [0.2, 0.25) is 0 Å². The normalized spacial score (nSPS) is 12.5. The topological polar surface area (TPSA) is 50.5 Å². The average molecular weight is 422 g/mol. The minimum atomic E-state index is -0.370. The lowest BCUT2D eigenvalue weighted by Gasteiger charge is -2.26. The summed E-state index contributed by atoms with van der Waals surface area (Å²) in [6.07, 6.45) is 0.643. The third-order valence-electron chi connectivity index (χ3n) is 5.51. The first-order chi connectivity index (χ1) is 14.9. The molecule has 0 radical (unpaired) electrons. The number of aryl methyl sites for hydroxylation is 2. The van der Waals surface area contributed by atoms with Crippen LogP contribution >= 0.6 is 0 Å². The van der Waals surface area contributed by atoms with Crippen LogP contribution in [-0.4, -0.2) is 39.0 Å². The van der Waals surface area contributed by atoms with Crippen molar-refractivity contribution < 1.29 is 9.84 Å². The third kappa shape index (κ3) is 5.96. The van der Waals surface area contributed by atoms with Crippen molar-refractivity contribution in [2.45, 2.75) is 46.8 Å². The van der Waals surface area contributed by atoms with E-state index in [0.29, 0.717) is 13.1 Å². The van der Waals surface area contributed by atoms with Crippen LogP contribution in [0.5, 0.6) is 11.6 Å². The molecule has 1 unspecified atom stereocenters. The number of aromatic nitrogens is 2. The number of nitrogens with zero attached hydrogens (tertiary/aromatic N) is 3. The molecule has 0 fully saturated rings. The Kier molecular flexibility index (Phi) is 7.88. The molecule has 3 rings (SSSR count). The molecule has 1 heterocycles. The molecule has 0 aliphatic rings. The van der Waals surface area contributed by atoms with E-state index in [4.69, 9.17) is 9.84 Å². The van der Waals surface area contributed by atoms with Crippen molar-refractivity contribution in [3.05, 3.63) is 65.7 Å². The van der Waals surface area contributed by atoms with Gasteiger partial charge in [-0.05, 0) is 37.9 Å². The van der Waals surface area contributed by atoms with E-state index in [0.717, 1.165) is 41.4 Å². The van der Waals surface area contributed by atoms with Gasteiger partial charge in [0, 0.05) is 25.7 Å². The van der Waals surface area contributed by atoms with Crippen LogP contribution in [0.3, 0.4) is 0 Å². The van der Waals surface area contributed by atoms with E-state index in [-0.39, 0.29) is 12.0 Å². The van der Waals surface area contributed by atoms with Crippen molar-refractivity contribution in [3.8, 4) is 22.9 Å². The number of aliphatic hydroxyl groups is 1. The van der Waals surface area contributed by atoms with E-state index in [2.05, 4.69) is 44.7 Å². The summed E-state index contributed by atoms with van der Waals surface area (Å²) < 4.78 is 8.16. The first kappa shape index (κ1) is 23.0. The van der Waals surface area contributed by atoms with Gasteiger partial charge in [0.2, 0.25) is 5.88 Å². The van der Waals surface area contributed by atoms with Crippen molar-refractivity contribution in [2.24, 2.45) is 13.0 Å². The highest BCUT2D eigenvalue weighted by atomic mass is 16.5. The molecule has 0 saturated heterocycles. The molecule has 1 atom stereocenters. The summed E-state index contributed by atoms with van der Waals surface area (Å²) in [5, 5.41) is 15.4. The van der Waals surface area contributed by atoms with Crippen LogP contribution in [0.4, 0.5) is 0 Å². The first-order valence-corrected chi connectivity index (χ1v) is 11.1. The summed E-state index contributed by atoms with van der Waals surface area (Å²) in [5.74, 6) is 1.74. The zero-order valence-electron chi connectivity index (χ0n) is 19.4. The number of hydrogen-bond acceptors (Lipinski definition) is 4. The highest BCUT2D eigenvalue weighted by Crippen LogP contribution is 2.34. The number of benzene rings is 2. The standard InChI is InChI=1S/C26H35N3O2/c1-6-16-29(18-24(30)19(2)3)17-23-25(21-10-8-7-9-11-21)27-28(5)26(23)31-22-14-12-20(4)13-15-22/h7-15,19,24,30H,6,16-18H2,1-5H3. The smallest absolute Gasteiger partial charge is 0.222 e. The summed E-state index contributed by atoms with van der Waals surface area (Å²) in [6, 6.07) is 18.3. The Morgan fingerprint density at radius 1 is 1.06 bits per heavy atom. The molecule has 3 aromatic rings. The fraction of sp³-hybridized carbons (Fsp3) is 0.423. The minimum Gasteiger partial charge on any atom is -0.439 e. The van der Waals surface area contributed by atoms with E-state index in [1.807, 2.05) is 54.2 Å². The molecule has 166 valence electrons. The Bertz CT molecular complexity index is 949. The molecule has 5 heteroatoms. The lowest BCUT2D eigenvalue weighted by atomic mass is 10.0. The van der Waals surface area contributed by atoms with Crippen molar-refractivity contribution in [3.63, 3.8) is 0 Å². The number of rotatable bonds is 10. The highest BCUT2D eigenvalue weighted by Gasteiger charge is 2.23. The van der Waals surface area contributed by atoms with Gasteiger partial charge in [-0.2, -0.15) is 5.10 Å². The molecular formula is C26H35N3O2. The van der Waals surface area contributed by atoms with Gasteiger partial charge >= 0.3 is 0 Å². The molecule has 0 aliphatic carbocycles. The minimum absolute atomic E-state index is 0.213. The number of ether oxygens (including phenoxy) is 1. The molecule has 0 spiro atoms. The Morgan fingerprint density at radius 3 is 2.35 bits per heavy atom. The lowest BCUT2D eigenvalue weighted by Crippen LogP contribution is -2.35. The molecular weight excluding hydrogens is 386 g/mol. The molecule has 2 aromatic carbocycles. The highest BCUT2D eigenvalue weighted by molar-refractivity contribution is 5.65. The van der Waals surface area contributed by atoms with Gasteiger partial charge < -0.3 is 9.84 Å². The maximum absolute atomic E-state index is 10.5. The second-order valence-corrected chi connectivity index (χ2v) is 8.58. The van der Waals surface area contributed by atoms with E-state index >= 15 is 0 Å². The fourth-order valence-electron chi connectivity index (χ4n) is 3.62. The van der Waals surface area contributed by atoms with E-state index in [1.54, 1.807) is 0 Å². The molecule has 31 heavy (non-hydrogen) atoms. The zero-order valence-corrected chi connectivity index (χ0v) is 19.4. The summed E-state index contributed by atoms with van der Waals surface area (Å²) in [6.45, 7) is 10.5. The lowest BCUT2D eigenvalue weighted by molar-refractivity contribution is 0.0729. The van der Waals surface area contributed by atoms with Gasteiger partial charge in [0.15, 0.2) is 0 Å². The molecule has 0 aliphatic heterocycles. The number of hydrogen-bond donors (Lipinski definition) is 1. The van der Waals surface area contributed by atoms with Gasteiger partial charge in [-0.15, -0.1) is 0 Å². The van der Waals surface area contributed by atoms with Gasteiger partial charge in [-0.1, -0.05) is 68.8 Å². The van der Waals surface area contributed by atoms with Crippen LogP contribution in [0, 0.1) is 12.8 Å². The molecule has 0 bridgehead atoms. The van der Waals surface area contributed by atoms with Crippen LogP contribution in [0.15, 0.2) is 54.6 Å². The first-order valence-electron chi connectivity index (χ1n) is 11.1. The second kappa shape index (κ2) is 10.6. The van der Waals surface area contributed by atoms with E-state index in [9.17, 15) is 5.11 Å². The van der Waals surface area contributed by atoms with Crippen molar-refractivity contribution in [1.29, 1.82) is 0 Å². The quantitative estimate of drug-likeness (QED) is 0.475. The molecule has 5 nitrogen and oxygen atoms in total. The van der Waals surface area contributed by atoms with Crippen LogP contribution in [0.25, 0.3) is 11.3 Å². The van der Waals surface area contributed by atoms with Gasteiger partial charge in [-0.3, -0.25) is 4.90 Å². The van der Waals surface area contributed by atoms with Crippen molar-refractivity contribution >= 4 is 0 Å². The van der Waals surface area contributed by atoms with E-state index in [1.165, 1.54) is 5.56 Å². The summed E-state index contributed by atoms with van der Waals surface area (Å²) in [7, 11) is 1.92. The molecule has 1 N–H and O–H groups in total. The number of aliphatic hydroxyl groups excluding tert-OH is 1. The van der Waals surface area contributed by atoms with Gasteiger partial charge in [-0.25, -0.2) is 4.68 Å². The summed E-state index contributed by atoms with van der Waals surface area (Å²) in [4.78, 5) is 2.30. The molecule has 0 amide bonds. The molecule has 0 saturated carbocycles. The van der Waals surface area contributed by atoms with E-state index < -0.39 is 0 Å². The van der Waals surface area contributed by atoms with Gasteiger partial charge in [0.25, 0.3) is 0 Å². The zero-order chi connectivity index (χ0) is 22.4. The Balaban J connectivity index is 2.00. The predicted molar refractivity (Wildman–Crippen MR) is 126 cm³/mol. The summed E-state index contributed by atoms with van der Waals surface area (Å²) >= 11 is 0. The van der Waals surface area contributed by atoms with Crippen LogP contribution in [-0.2, 0) is 13.6 Å². The Morgan fingerprint density at radius 2 is 1.74 bits per heavy atom. The van der Waals surface area contributed by atoms with Crippen molar-refractivity contribution in [1.82, 2.24) is 14.7 Å². The maximum atomic E-state index is 10.5. The second-order valence-electron chi connectivity index (χ2n) is 8.58.